The van der Waals surface area contributed by atoms with Gasteiger partial charge in [-0.1, -0.05) is 0 Å². The molecule has 0 aromatic heterocycles. The summed E-state index contributed by atoms with van der Waals surface area (Å²) in [6.07, 6.45) is 6.13. The van der Waals surface area contributed by atoms with Gasteiger partial charge >= 0.3 is 12.0 Å². The molecule has 0 aromatic carbocycles. The minimum atomic E-state index is -0.786. The summed E-state index contributed by atoms with van der Waals surface area (Å²) in [7, 11) is 0. The Morgan fingerprint density at radius 3 is 2.05 bits per heavy atom. The maximum Gasteiger partial charge on any atom is 0.312 e. The summed E-state index contributed by atoms with van der Waals surface area (Å²) in [5, 5.41) is 12.0. The summed E-state index contributed by atoms with van der Waals surface area (Å²) < 4.78 is 0. The molecule has 4 bridgehead atoms. The van der Waals surface area contributed by atoms with Gasteiger partial charge in [-0.3, -0.25) is 4.79 Å². The SMILES string of the molecule is NC(=O)NCC(C(=O)O)C1C2CC3CC(C2)CC1C3. The van der Waals surface area contributed by atoms with Crippen molar-refractivity contribution in [3.05, 3.63) is 0 Å². The van der Waals surface area contributed by atoms with Gasteiger partial charge in [0.2, 0.25) is 0 Å². The molecule has 0 radical (unpaired) electrons. The van der Waals surface area contributed by atoms with Crippen LogP contribution in [0.1, 0.15) is 32.1 Å². The Morgan fingerprint density at radius 2 is 1.63 bits per heavy atom. The first kappa shape index (κ1) is 12.8. The Bertz CT molecular complexity index is 368. The third-order valence-corrected chi connectivity index (χ3v) is 5.58. The van der Waals surface area contributed by atoms with Crippen molar-refractivity contribution >= 4 is 12.0 Å². The van der Waals surface area contributed by atoms with Gasteiger partial charge in [0.15, 0.2) is 0 Å². The molecule has 0 aromatic rings. The van der Waals surface area contributed by atoms with Crippen molar-refractivity contribution in [3.63, 3.8) is 0 Å². The lowest BCUT2D eigenvalue weighted by Gasteiger charge is -2.55. The van der Waals surface area contributed by atoms with E-state index in [0.29, 0.717) is 11.8 Å². The second-order valence-electron chi connectivity index (χ2n) is 6.70. The number of carbonyl (C=O) groups is 2. The highest BCUT2D eigenvalue weighted by Crippen LogP contribution is 2.58. The lowest BCUT2D eigenvalue weighted by molar-refractivity contribution is -0.150. The van der Waals surface area contributed by atoms with Crippen LogP contribution in [0.3, 0.4) is 0 Å². The molecule has 4 rings (SSSR count). The largest absolute Gasteiger partial charge is 0.481 e. The molecule has 5 heteroatoms. The van der Waals surface area contributed by atoms with Gasteiger partial charge in [-0.15, -0.1) is 0 Å². The number of carbonyl (C=O) groups excluding carboxylic acids is 1. The molecule has 0 saturated heterocycles. The lowest BCUT2D eigenvalue weighted by Crippen LogP contribution is -2.51. The smallest absolute Gasteiger partial charge is 0.312 e. The van der Waals surface area contributed by atoms with Crippen molar-refractivity contribution in [2.45, 2.75) is 32.1 Å². The molecule has 5 nitrogen and oxygen atoms in total. The molecular weight excluding hydrogens is 244 g/mol. The van der Waals surface area contributed by atoms with E-state index in [1.54, 1.807) is 0 Å². The molecule has 1 atom stereocenters. The first-order valence-corrected chi connectivity index (χ1v) is 7.30. The molecule has 19 heavy (non-hydrogen) atoms. The van der Waals surface area contributed by atoms with E-state index in [-0.39, 0.29) is 12.5 Å². The fraction of sp³-hybridized carbons (Fsp3) is 0.857. The summed E-state index contributed by atoms with van der Waals surface area (Å²) in [6, 6.07) is -0.630. The van der Waals surface area contributed by atoms with Gasteiger partial charge < -0.3 is 16.2 Å². The number of rotatable bonds is 4. The predicted molar refractivity (Wildman–Crippen MR) is 69.2 cm³/mol. The Morgan fingerprint density at radius 1 is 1.11 bits per heavy atom. The highest BCUT2D eigenvalue weighted by atomic mass is 16.4. The average Bonchev–Trinajstić information content (AvgIpc) is 2.30. The summed E-state index contributed by atoms with van der Waals surface area (Å²) in [4.78, 5) is 22.4. The quantitative estimate of drug-likeness (QED) is 0.718. The molecule has 2 amide bonds. The van der Waals surface area contributed by atoms with Crippen molar-refractivity contribution in [3.8, 4) is 0 Å². The molecule has 4 aliphatic carbocycles. The second kappa shape index (κ2) is 4.69. The molecule has 4 aliphatic rings. The zero-order chi connectivity index (χ0) is 13.6. The van der Waals surface area contributed by atoms with Crippen LogP contribution in [0.15, 0.2) is 0 Å². The number of hydrogen-bond donors (Lipinski definition) is 3. The van der Waals surface area contributed by atoms with Crippen LogP contribution in [0.2, 0.25) is 0 Å². The molecule has 4 saturated carbocycles. The molecule has 4 fully saturated rings. The third kappa shape index (κ3) is 2.30. The number of urea groups is 1. The zero-order valence-corrected chi connectivity index (χ0v) is 11.0. The van der Waals surface area contributed by atoms with E-state index in [4.69, 9.17) is 5.73 Å². The number of hydrogen-bond acceptors (Lipinski definition) is 2. The van der Waals surface area contributed by atoms with Crippen LogP contribution in [0.4, 0.5) is 4.79 Å². The molecule has 0 heterocycles. The Hall–Kier alpha value is -1.26. The van der Waals surface area contributed by atoms with E-state index < -0.39 is 17.9 Å². The lowest BCUT2D eigenvalue weighted by atomic mass is 9.49. The van der Waals surface area contributed by atoms with E-state index in [1.807, 2.05) is 0 Å². The minimum Gasteiger partial charge on any atom is -0.481 e. The van der Waals surface area contributed by atoms with Crippen LogP contribution >= 0.6 is 0 Å². The van der Waals surface area contributed by atoms with Crippen molar-refractivity contribution in [2.24, 2.45) is 41.2 Å². The van der Waals surface area contributed by atoms with Crippen LogP contribution in [-0.4, -0.2) is 23.7 Å². The molecular formula is C14H22N2O3. The second-order valence-corrected chi connectivity index (χ2v) is 6.70. The van der Waals surface area contributed by atoms with Gasteiger partial charge in [0.1, 0.15) is 0 Å². The minimum absolute atomic E-state index is 0.178. The highest BCUT2D eigenvalue weighted by Gasteiger charge is 2.51. The standard InChI is InChI=1S/C14H22N2O3/c15-14(19)16-6-11(13(17)18)12-9-2-7-1-8(4-9)5-10(12)3-7/h7-12H,1-6H2,(H,17,18)(H3,15,16,19). The van der Waals surface area contributed by atoms with Gasteiger partial charge in [-0.05, 0) is 61.7 Å². The highest BCUT2D eigenvalue weighted by molar-refractivity contribution is 5.74. The van der Waals surface area contributed by atoms with E-state index in [0.717, 1.165) is 11.8 Å². The van der Waals surface area contributed by atoms with Crippen LogP contribution < -0.4 is 11.1 Å². The number of amides is 2. The first-order valence-electron chi connectivity index (χ1n) is 7.30. The summed E-state index contributed by atoms with van der Waals surface area (Å²) >= 11 is 0. The zero-order valence-electron chi connectivity index (χ0n) is 11.0. The number of carboxylic acid groups (broad SMARTS) is 1. The normalized spacial score (nSPS) is 40.9. The number of nitrogens with one attached hydrogen (secondary N) is 1. The molecule has 0 aliphatic heterocycles. The number of nitrogens with two attached hydrogens (primary N) is 1. The monoisotopic (exact) mass is 266 g/mol. The summed E-state index contributed by atoms with van der Waals surface area (Å²) in [5.74, 6) is 1.74. The van der Waals surface area contributed by atoms with Crippen molar-refractivity contribution in [2.75, 3.05) is 6.54 Å². The van der Waals surface area contributed by atoms with E-state index in [1.165, 1.54) is 32.1 Å². The third-order valence-electron chi connectivity index (χ3n) is 5.58. The fourth-order valence-corrected chi connectivity index (χ4v) is 5.22. The first-order chi connectivity index (χ1) is 9.04. The summed E-state index contributed by atoms with van der Waals surface area (Å²) in [6.45, 7) is 0.178. The van der Waals surface area contributed by atoms with Crippen LogP contribution in [-0.2, 0) is 4.79 Å². The van der Waals surface area contributed by atoms with Crippen molar-refractivity contribution < 1.29 is 14.7 Å². The van der Waals surface area contributed by atoms with E-state index in [2.05, 4.69) is 5.32 Å². The Labute approximate surface area is 112 Å². The van der Waals surface area contributed by atoms with E-state index in [9.17, 15) is 14.7 Å². The van der Waals surface area contributed by atoms with Crippen LogP contribution in [0, 0.1) is 35.5 Å². The molecule has 1 unspecified atom stereocenters. The maximum atomic E-state index is 11.5. The van der Waals surface area contributed by atoms with Gasteiger partial charge in [-0.2, -0.15) is 0 Å². The Balaban J connectivity index is 1.75. The molecule has 0 spiro atoms. The number of aliphatic carboxylic acids is 1. The van der Waals surface area contributed by atoms with Gasteiger partial charge in [0.25, 0.3) is 0 Å². The predicted octanol–water partition coefficient (Wildman–Crippen LogP) is 1.43. The fourth-order valence-electron chi connectivity index (χ4n) is 5.22. The van der Waals surface area contributed by atoms with Crippen LogP contribution in [0.5, 0.6) is 0 Å². The topological polar surface area (TPSA) is 92.4 Å². The summed E-state index contributed by atoms with van der Waals surface area (Å²) in [5.41, 5.74) is 5.07. The molecule has 106 valence electrons. The molecule has 4 N–H and O–H groups in total. The van der Waals surface area contributed by atoms with Gasteiger partial charge in [0.05, 0.1) is 5.92 Å². The van der Waals surface area contributed by atoms with Gasteiger partial charge in [-0.25, -0.2) is 4.79 Å². The maximum absolute atomic E-state index is 11.5. The average molecular weight is 266 g/mol. The van der Waals surface area contributed by atoms with Crippen molar-refractivity contribution in [1.82, 2.24) is 5.32 Å². The number of carboxylic acids is 1. The number of primary amides is 1. The van der Waals surface area contributed by atoms with Crippen LogP contribution in [0.25, 0.3) is 0 Å². The van der Waals surface area contributed by atoms with Crippen molar-refractivity contribution in [1.29, 1.82) is 0 Å². The van der Waals surface area contributed by atoms with E-state index >= 15 is 0 Å². The Kier molecular flexibility index (Phi) is 3.15. The van der Waals surface area contributed by atoms with Gasteiger partial charge in [0, 0.05) is 6.54 Å².